The van der Waals surface area contributed by atoms with Gasteiger partial charge < -0.3 is 15.0 Å². The average Bonchev–Trinajstić information content (AvgIpc) is 3.08. The molecule has 0 atom stereocenters. The maximum Gasteiger partial charge on any atom is 0.409 e. The van der Waals surface area contributed by atoms with Gasteiger partial charge in [0.1, 0.15) is 11.1 Å². The number of fused-ring (bicyclic) bond motifs is 1. The van der Waals surface area contributed by atoms with Crippen LogP contribution in [-0.4, -0.2) is 44.7 Å². The molecule has 1 aliphatic heterocycles. The molecule has 2 aromatic rings. The van der Waals surface area contributed by atoms with E-state index in [1.54, 1.807) is 18.2 Å². The molecule has 1 N–H and O–H groups in total. The van der Waals surface area contributed by atoms with E-state index in [4.69, 9.17) is 4.74 Å². The normalized spacial score (nSPS) is 13.3. The lowest BCUT2D eigenvalue weighted by Crippen LogP contribution is -2.35. The molecule has 0 saturated heterocycles. The number of rotatable bonds is 5. The largest absolute Gasteiger partial charge is 0.453 e. The van der Waals surface area contributed by atoms with Gasteiger partial charge in [-0.3, -0.25) is 4.79 Å². The lowest BCUT2D eigenvalue weighted by atomic mass is 10.0. The zero-order valence-corrected chi connectivity index (χ0v) is 17.3. The predicted molar refractivity (Wildman–Crippen MR) is 107 cm³/mol. The van der Waals surface area contributed by atoms with Gasteiger partial charge in [0.15, 0.2) is 9.84 Å². The minimum absolute atomic E-state index is 0.167. The summed E-state index contributed by atoms with van der Waals surface area (Å²) in [4.78, 5) is 26.6. The predicted octanol–water partition coefficient (Wildman–Crippen LogP) is 2.55. The molecule has 3 rings (SSSR count). The number of hydrogen-bond donors (Lipinski definition) is 1. The van der Waals surface area contributed by atoms with E-state index >= 15 is 0 Å². The number of ether oxygens (including phenoxy) is 1. The van der Waals surface area contributed by atoms with Crippen LogP contribution in [0.15, 0.2) is 35.2 Å². The van der Waals surface area contributed by atoms with Crippen molar-refractivity contribution in [3.8, 4) is 6.07 Å². The molecule has 1 aliphatic rings. The van der Waals surface area contributed by atoms with Crippen LogP contribution in [0.2, 0.25) is 0 Å². The molecule has 2 heterocycles. The van der Waals surface area contributed by atoms with Crippen molar-refractivity contribution in [2.75, 3.05) is 24.7 Å². The van der Waals surface area contributed by atoms with Crippen LogP contribution in [0.1, 0.15) is 22.4 Å². The Morgan fingerprint density at radius 1 is 1.31 bits per heavy atom. The van der Waals surface area contributed by atoms with Gasteiger partial charge in [-0.25, -0.2) is 13.2 Å². The second kappa shape index (κ2) is 8.63. The molecule has 152 valence electrons. The number of anilines is 1. The number of methoxy groups -OCH3 is 1. The van der Waals surface area contributed by atoms with Crippen molar-refractivity contribution in [1.82, 2.24) is 4.90 Å². The molecular formula is C19H19N3O5S2. The van der Waals surface area contributed by atoms with Gasteiger partial charge in [-0.05, 0) is 24.1 Å². The Hall–Kier alpha value is -2.90. The highest BCUT2D eigenvalue weighted by atomic mass is 32.2. The fraction of sp³-hybridized carbons (Fsp3) is 0.316. The lowest BCUT2D eigenvalue weighted by molar-refractivity contribution is -0.115. The van der Waals surface area contributed by atoms with E-state index in [1.165, 1.54) is 35.5 Å². The molecular weight excluding hydrogens is 414 g/mol. The standard InChI is InChI=1S/C19H19N3O5S2/c1-27-19(24)22-9-7-14-15(11-20)18(28-16(14)12-22)21-17(23)8-10-29(25,26)13-5-3-2-4-6-13/h2-6H,7-10,12H2,1H3,(H,21,23). The number of thiophene rings is 1. The highest BCUT2D eigenvalue weighted by Crippen LogP contribution is 2.36. The Labute approximate surface area is 172 Å². The van der Waals surface area contributed by atoms with Crippen LogP contribution in [0.3, 0.4) is 0 Å². The molecule has 29 heavy (non-hydrogen) atoms. The van der Waals surface area contributed by atoms with E-state index in [1.807, 2.05) is 0 Å². The van der Waals surface area contributed by atoms with Gasteiger partial charge in [-0.2, -0.15) is 5.26 Å². The van der Waals surface area contributed by atoms with Gasteiger partial charge >= 0.3 is 6.09 Å². The second-order valence-electron chi connectivity index (χ2n) is 6.39. The first kappa shape index (κ1) is 20.8. The van der Waals surface area contributed by atoms with E-state index in [2.05, 4.69) is 11.4 Å². The molecule has 0 saturated carbocycles. The van der Waals surface area contributed by atoms with Crippen molar-refractivity contribution in [2.45, 2.75) is 24.3 Å². The Kier molecular flexibility index (Phi) is 6.20. The van der Waals surface area contributed by atoms with Crippen molar-refractivity contribution in [3.05, 3.63) is 46.3 Å². The summed E-state index contributed by atoms with van der Waals surface area (Å²) in [6.45, 7) is 0.730. The molecule has 2 amide bonds. The first-order valence-electron chi connectivity index (χ1n) is 8.81. The number of nitrogens with one attached hydrogen (secondary N) is 1. The summed E-state index contributed by atoms with van der Waals surface area (Å²) in [5.41, 5.74) is 1.18. The van der Waals surface area contributed by atoms with Gasteiger partial charge in [0, 0.05) is 17.8 Å². The summed E-state index contributed by atoms with van der Waals surface area (Å²) in [6, 6.07) is 10.1. The van der Waals surface area contributed by atoms with E-state index in [0.29, 0.717) is 30.1 Å². The van der Waals surface area contributed by atoms with Gasteiger partial charge in [-0.1, -0.05) is 18.2 Å². The fourth-order valence-corrected chi connectivity index (χ4v) is 5.55. The summed E-state index contributed by atoms with van der Waals surface area (Å²) in [6.07, 6.45) is -0.180. The molecule has 1 aromatic heterocycles. The van der Waals surface area contributed by atoms with Gasteiger partial charge in [0.05, 0.1) is 29.9 Å². The fourth-order valence-electron chi connectivity index (χ4n) is 3.06. The number of benzene rings is 1. The summed E-state index contributed by atoms with van der Waals surface area (Å²) in [5.74, 6) is -0.809. The third-order valence-electron chi connectivity index (χ3n) is 4.55. The first-order chi connectivity index (χ1) is 13.9. The second-order valence-corrected chi connectivity index (χ2v) is 9.61. The molecule has 1 aromatic carbocycles. The molecule has 0 unspecified atom stereocenters. The number of nitriles is 1. The van der Waals surface area contributed by atoms with Crippen molar-refractivity contribution in [3.63, 3.8) is 0 Å². The Balaban J connectivity index is 1.69. The summed E-state index contributed by atoms with van der Waals surface area (Å²) in [5, 5.41) is 12.5. The Morgan fingerprint density at radius 2 is 2.03 bits per heavy atom. The van der Waals surface area contributed by atoms with Gasteiger partial charge in [0.2, 0.25) is 5.91 Å². The SMILES string of the molecule is COC(=O)N1CCc2c(sc(NC(=O)CCS(=O)(=O)c3ccccc3)c2C#N)C1. The van der Waals surface area contributed by atoms with Crippen molar-refractivity contribution in [1.29, 1.82) is 5.26 Å². The molecule has 0 radical (unpaired) electrons. The zero-order valence-electron chi connectivity index (χ0n) is 15.7. The van der Waals surface area contributed by atoms with Crippen LogP contribution in [-0.2, 0) is 32.3 Å². The third-order valence-corrected chi connectivity index (χ3v) is 7.42. The highest BCUT2D eigenvalue weighted by Gasteiger charge is 2.28. The monoisotopic (exact) mass is 433 g/mol. The number of carbonyl (C=O) groups is 2. The van der Waals surface area contributed by atoms with Crippen LogP contribution in [0, 0.1) is 11.3 Å². The number of sulfone groups is 1. The minimum Gasteiger partial charge on any atom is -0.453 e. The highest BCUT2D eigenvalue weighted by molar-refractivity contribution is 7.91. The molecule has 0 spiro atoms. The van der Waals surface area contributed by atoms with E-state index in [-0.39, 0.29) is 17.1 Å². The topological polar surface area (TPSA) is 117 Å². The van der Waals surface area contributed by atoms with Crippen molar-refractivity contribution >= 4 is 38.2 Å². The number of hydrogen-bond acceptors (Lipinski definition) is 7. The molecule has 10 heteroatoms. The maximum absolute atomic E-state index is 12.3. The van der Waals surface area contributed by atoms with E-state index in [0.717, 1.165) is 10.4 Å². The minimum atomic E-state index is -3.57. The quantitative estimate of drug-likeness (QED) is 0.774. The molecule has 8 nitrogen and oxygen atoms in total. The smallest absolute Gasteiger partial charge is 0.409 e. The maximum atomic E-state index is 12.3. The first-order valence-corrected chi connectivity index (χ1v) is 11.3. The number of amides is 2. The third kappa shape index (κ3) is 4.58. The lowest BCUT2D eigenvalue weighted by Gasteiger charge is -2.25. The number of carbonyl (C=O) groups excluding carboxylic acids is 2. The zero-order chi connectivity index (χ0) is 21.0. The van der Waals surface area contributed by atoms with Crippen LogP contribution in [0.5, 0.6) is 0 Å². The van der Waals surface area contributed by atoms with Crippen molar-refractivity contribution < 1.29 is 22.7 Å². The molecule has 0 aliphatic carbocycles. The molecule has 0 fully saturated rings. The average molecular weight is 434 g/mol. The molecule has 0 bridgehead atoms. The Morgan fingerprint density at radius 3 is 2.69 bits per heavy atom. The Bertz CT molecular complexity index is 1070. The van der Waals surface area contributed by atoms with Crippen LogP contribution in [0.25, 0.3) is 0 Å². The van der Waals surface area contributed by atoms with Crippen LogP contribution in [0.4, 0.5) is 9.80 Å². The van der Waals surface area contributed by atoms with E-state index in [9.17, 15) is 23.3 Å². The van der Waals surface area contributed by atoms with Crippen LogP contribution < -0.4 is 5.32 Å². The van der Waals surface area contributed by atoms with Gasteiger partial charge in [0.25, 0.3) is 0 Å². The van der Waals surface area contributed by atoms with Crippen LogP contribution >= 0.6 is 11.3 Å². The summed E-state index contributed by atoms with van der Waals surface area (Å²) < 4.78 is 29.4. The summed E-state index contributed by atoms with van der Waals surface area (Å²) >= 11 is 1.22. The van der Waals surface area contributed by atoms with Gasteiger partial charge in [-0.15, -0.1) is 11.3 Å². The summed E-state index contributed by atoms with van der Waals surface area (Å²) in [7, 11) is -2.26. The number of nitrogens with zero attached hydrogens (tertiary/aromatic N) is 2. The van der Waals surface area contributed by atoms with E-state index < -0.39 is 21.8 Å². The van der Waals surface area contributed by atoms with Crippen molar-refractivity contribution in [2.24, 2.45) is 0 Å².